The summed E-state index contributed by atoms with van der Waals surface area (Å²) in [5.74, 6) is 2.71. The smallest absolute Gasteiger partial charge is 0.122 e. The quantitative estimate of drug-likeness (QED) is 0.870. The van der Waals surface area contributed by atoms with Gasteiger partial charge in [0.25, 0.3) is 0 Å². The highest BCUT2D eigenvalue weighted by Gasteiger charge is 2.20. The van der Waals surface area contributed by atoms with Gasteiger partial charge in [0.1, 0.15) is 5.75 Å². The minimum Gasteiger partial charge on any atom is -0.493 e. The molecule has 1 aromatic carbocycles. The van der Waals surface area contributed by atoms with Crippen LogP contribution in [-0.2, 0) is 6.42 Å². The van der Waals surface area contributed by atoms with E-state index in [1.54, 1.807) is 0 Å². The van der Waals surface area contributed by atoms with Gasteiger partial charge >= 0.3 is 0 Å². The van der Waals surface area contributed by atoms with Crippen LogP contribution in [0.4, 0.5) is 0 Å². The maximum absolute atomic E-state index is 6.10. The lowest BCUT2D eigenvalue weighted by Crippen LogP contribution is -2.28. The normalized spacial score (nSPS) is 20.6. The number of hydrogen-bond acceptors (Lipinski definition) is 2. The monoisotopic (exact) mass is 337 g/mol. The zero-order valence-electron chi connectivity index (χ0n) is 12.0. The average Bonchev–Trinajstić information content (AvgIpc) is 2.40. The first-order chi connectivity index (χ1) is 9.81. The third kappa shape index (κ3) is 3.76. The Morgan fingerprint density at radius 3 is 2.60 bits per heavy atom. The zero-order chi connectivity index (χ0) is 13.8. The molecule has 3 heteroatoms. The number of halogens is 1. The Labute approximate surface area is 130 Å². The average molecular weight is 338 g/mol. The molecule has 1 saturated heterocycles. The summed E-state index contributed by atoms with van der Waals surface area (Å²) in [7, 11) is 0. The molecule has 20 heavy (non-hydrogen) atoms. The molecule has 1 heterocycles. The van der Waals surface area contributed by atoms with Crippen molar-refractivity contribution in [2.75, 3.05) is 19.7 Å². The van der Waals surface area contributed by atoms with Crippen LogP contribution in [0.2, 0.25) is 0 Å². The van der Waals surface area contributed by atoms with Gasteiger partial charge < -0.3 is 10.1 Å². The Morgan fingerprint density at radius 2 is 1.90 bits per heavy atom. The highest BCUT2D eigenvalue weighted by molar-refractivity contribution is 9.10. The number of piperidine rings is 1. The summed E-state index contributed by atoms with van der Waals surface area (Å²) in [5.41, 5.74) is 1.38. The van der Waals surface area contributed by atoms with E-state index < -0.39 is 0 Å². The molecule has 1 N–H and O–H groups in total. The zero-order valence-corrected chi connectivity index (χ0v) is 13.6. The summed E-state index contributed by atoms with van der Waals surface area (Å²) < 4.78 is 7.27. The molecule has 0 radical (unpaired) electrons. The second-order valence-electron chi connectivity index (χ2n) is 6.26. The van der Waals surface area contributed by atoms with Crippen molar-refractivity contribution in [3.8, 4) is 5.75 Å². The molecule has 2 aliphatic rings. The van der Waals surface area contributed by atoms with E-state index in [4.69, 9.17) is 4.74 Å². The highest BCUT2D eigenvalue weighted by Crippen LogP contribution is 2.31. The van der Waals surface area contributed by atoms with Gasteiger partial charge in [-0.2, -0.15) is 0 Å². The van der Waals surface area contributed by atoms with Crippen LogP contribution in [0.5, 0.6) is 5.75 Å². The van der Waals surface area contributed by atoms with E-state index in [1.165, 1.54) is 37.7 Å². The van der Waals surface area contributed by atoms with Crippen LogP contribution in [0.3, 0.4) is 0 Å². The molecule has 1 aliphatic carbocycles. The molecule has 0 spiro atoms. The van der Waals surface area contributed by atoms with Gasteiger partial charge in [-0.05, 0) is 80.8 Å². The van der Waals surface area contributed by atoms with Gasteiger partial charge in [-0.3, -0.25) is 0 Å². The molecule has 2 nitrogen and oxygen atoms in total. The third-order valence-corrected chi connectivity index (χ3v) is 5.18. The molecular weight excluding hydrogens is 314 g/mol. The van der Waals surface area contributed by atoms with E-state index in [0.29, 0.717) is 0 Å². The molecule has 1 aliphatic heterocycles. The molecule has 0 atom stereocenters. The first-order valence-electron chi connectivity index (χ1n) is 7.93. The first kappa shape index (κ1) is 14.4. The predicted octanol–water partition coefficient (Wildman–Crippen LogP) is 4.17. The van der Waals surface area contributed by atoms with Gasteiger partial charge in [0.2, 0.25) is 0 Å². The fourth-order valence-corrected chi connectivity index (χ4v) is 3.52. The molecule has 0 unspecified atom stereocenters. The van der Waals surface area contributed by atoms with Crippen LogP contribution in [0, 0.1) is 11.8 Å². The maximum atomic E-state index is 6.10. The molecule has 0 bridgehead atoms. The fraction of sp³-hybridized carbons (Fsp3) is 0.647. The van der Waals surface area contributed by atoms with Crippen molar-refractivity contribution < 1.29 is 4.74 Å². The summed E-state index contributed by atoms with van der Waals surface area (Å²) in [6.07, 6.45) is 7.81. The van der Waals surface area contributed by atoms with Crippen molar-refractivity contribution in [1.82, 2.24) is 5.32 Å². The SMILES string of the molecule is Brc1ccc(OCC2CCC2)c(CC2CCNCC2)c1. The predicted molar refractivity (Wildman–Crippen MR) is 86.3 cm³/mol. The fourth-order valence-electron chi connectivity index (χ4n) is 3.11. The Bertz CT molecular complexity index is 439. The Kier molecular flexibility index (Phi) is 5.00. The molecule has 3 rings (SSSR count). The summed E-state index contributed by atoms with van der Waals surface area (Å²) in [6.45, 7) is 3.23. The number of rotatable bonds is 5. The van der Waals surface area contributed by atoms with E-state index in [9.17, 15) is 0 Å². The lowest BCUT2D eigenvalue weighted by molar-refractivity contribution is 0.179. The Balaban J connectivity index is 1.64. The molecule has 0 amide bonds. The van der Waals surface area contributed by atoms with Gasteiger partial charge in [-0.25, -0.2) is 0 Å². The van der Waals surface area contributed by atoms with Crippen LogP contribution in [0.25, 0.3) is 0 Å². The molecule has 1 aromatic rings. The molecule has 0 aromatic heterocycles. The van der Waals surface area contributed by atoms with E-state index in [1.807, 2.05) is 0 Å². The van der Waals surface area contributed by atoms with Crippen LogP contribution >= 0.6 is 15.9 Å². The standard InChI is InChI=1S/C17H24BrNO/c18-16-4-5-17(20-12-14-2-1-3-14)15(11-16)10-13-6-8-19-9-7-13/h4-5,11,13-14,19H,1-3,6-10,12H2. The topological polar surface area (TPSA) is 21.3 Å². The van der Waals surface area contributed by atoms with Crippen molar-refractivity contribution in [2.24, 2.45) is 11.8 Å². The van der Waals surface area contributed by atoms with E-state index in [2.05, 4.69) is 39.4 Å². The molecule has 1 saturated carbocycles. The van der Waals surface area contributed by atoms with Gasteiger partial charge in [0.15, 0.2) is 0 Å². The Hall–Kier alpha value is -0.540. The molecule has 2 fully saturated rings. The van der Waals surface area contributed by atoms with Crippen LogP contribution in [0.15, 0.2) is 22.7 Å². The van der Waals surface area contributed by atoms with E-state index in [0.717, 1.165) is 48.2 Å². The highest BCUT2D eigenvalue weighted by atomic mass is 79.9. The van der Waals surface area contributed by atoms with Gasteiger partial charge in [-0.1, -0.05) is 22.4 Å². The summed E-state index contributed by atoms with van der Waals surface area (Å²) in [6, 6.07) is 6.49. The minimum atomic E-state index is 0.797. The summed E-state index contributed by atoms with van der Waals surface area (Å²) in [4.78, 5) is 0. The lowest BCUT2D eigenvalue weighted by Gasteiger charge is -2.27. The summed E-state index contributed by atoms with van der Waals surface area (Å²) >= 11 is 3.60. The van der Waals surface area contributed by atoms with Crippen molar-refractivity contribution in [1.29, 1.82) is 0 Å². The van der Waals surface area contributed by atoms with Crippen molar-refractivity contribution >= 4 is 15.9 Å². The van der Waals surface area contributed by atoms with E-state index >= 15 is 0 Å². The van der Waals surface area contributed by atoms with Gasteiger partial charge in [0.05, 0.1) is 6.61 Å². The van der Waals surface area contributed by atoms with Crippen molar-refractivity contribution in [2.45, 2.75) is 38.5 Å². The van der Waals surface area contributed by atoms with Gasteiger partial charge in [-0.15, -0.1) is 0 Å². The van der Waals surface area contributed by atoms with E-state index in [-0.39, 0.29) is 0 Å². The maximum Gasteiger partial charge on any atom is 0.122 e. The lowest BCUT2D eigenvalue weighted by atomic mass is 9.86. The largest absolute Gasteiger partial charge is 0.493 e. The Morgan fingerprint density at radius 1 is 1.10 bits per heavy atom. The van der Waals surface area contributed by atoms with Crippen LogP contribution in [0.1, 0.15) is 37.7 Å². The van der Waals surface area contributed by atoms with Crippen LogP contribution in [-0.4, -0.2) is 19.7 Å². The first-order valence-corrected chi connectivity index (χ1v) is 8.72. The number of ether oxygens (including phenoxy) is 1. The third-order valence-electron chi connectivity index (χ3n) is 4.69. The second kappa shape index (κ2) is 6.95. The van der Waals surface area contributed by atoms with Crippen molar-refractivity contribution in [3.63, 3.8) is 0 Å². The molecule has 110 valence electrons. The van der Waals surface area contributed by atoms with Crippen LogP contribution < -0.4 is 10.1 Å². The minimum absolute atomic E-state index is 0.797. The number of nitrogens with one attached hydrogen (secondary N) is 1. The molecular formula is C17H24BrNO. The number of benzene rings is 1. The second-order valence-corrected chi connectivity index (χ2v) is 7.17. The van der Waals surface area contributed by atoms with Gasteiger partial charge in [0, 0.05) is 4.47 Å². The summed E-state index contributed by atoms with van der Waals surface area (Å²) in [5, 5.41) is 3.44. The number of hydrogen-bond donors (Lipinski definition) is 1. The van der Waals surface area contributed by atoms with Crippen molar-refractivity contribution in [3.05, 3.63) is 28.2 Å².